The third-order valence-electron chi connectivity index (χ3n) is 7.07. The molecule has 14 heteroatoms. The number of likely N-dealkylation sites (tertiary alicyclic amines) is 1. The van der Waals surface area contributed by atoms with Crippen LogP contribution in [0.5, 0.6) is 5.88 Å². The summed E-state index contributed by atoms with van der Waals surface area (Å²) in [5, 5.41) is 7.29. The molecule has 2 fully saturated rings. The Morgan fingerprint density at radius 3 is 2.71 bits per heavy atom. The number of fused-ring (bicyclic) bond motifs is 2. The number of hydrogen-bond acceptors (Lipinski definition) is 7. The van der Waals surface area contributed by atoms with E-state index in [0.29, 0.717) is 26.2 Å². The van der Waals surface area contributed by atoms with Crippen LogP contribution >= 0.6 is 0 Å². The van der Waals surface area contributed by atoms with Crippen molar-refractivity contribution in [2.75, 3.05) is 38.7 Å². The van der Waals surface area contributed by atoms with Crippen molar-refractivity contribution in [1.82, 2.24) is 29.0 Å². The zero-order chi connectivity index (χ0) is 26.6. The second-order valence-corrected chi connectivity index (χ2v) is 9.45. The standard InChI is InChI=1S/C24H24F5N7O2/c1-37-23-22-20(12-4-14(25)21-18(5-12)35(11-30-21)8-19(28)29)16(27)7-36(22)33-24(32-23)31-17-2-3-34(6-15(17)26)13-9-38-10-13/h4-5,7,11,13,15,17,19H,2-3,6,8-10H2,1H3,(H,31,33)/t15-,17+/m0/s1. The van der Waals surface area contributed by atoms with E-state index in [-0.39, 0.29) is 52.1 Å². The van der Waals surface area contributed by atoms with Gasteiger partial charge in [-0.15, -0.1) is 5.10 Å². The number of ether oxygens (including phenoxy) is 2. The third kappa shape index (κ3) is 4.30. The third-order valence-corrected chi connectivity index (χ3v) is 7.07. The molecular weight excluding hydrogens is 513 g/mol. The molecular formula is C24H24F5N7O2. The van der Waals surface area contributed by atoms with E-state index in [4.69, 9.17) is 9.47 Å². The first kappa shape index (κ1) is 24.8. The number of nitrogens with zero attached hydrogens (tertiary/aromatic N) is 6. The molecule has 2 atom stereocenters. The molecule has 0 amide bonds. The minimum absolute atomic E-state index is 0.0255. The van der Waals surface area contributed by atoms with Crippen LogP contribution in [-0.4, -0.2) is 87.1 Å². The maximum Gasteiger partial charge on any atom is 0.256 e. The van der Waals surface area contributed by atoms with Crippen LogP contribution in [0.25, 0.3) is 27.7 Å². The summed E-state index contributed by atoms with van der Waals surface area (Å²) < 4.78 is 84.0. The van der Waals surface area contributed by atoms with Gasteiger partial charge in [0.25, 0.3) is 6.43 Å². The van der Waals surface area contributed by atoms with Crippen molar-refractivity contribution in [3.8, 4) is 17.0 Å². The Bertz CT molecular complexity index is 1490. The molecule has 0 unspecified atom stereocenters. The van der Waals surface area contributed by atoms with Crippen LogP contribution < -0.4 is 10.1 Å². The average molecular weight is 537 g/mol. The molecule has 202 valence electrons. The lowest BCUT2D eigenvalue weighted by atomic mass is 10.0. The first-order valence-electron chi connectivity index (χ1n) is 12.1. The number of nitrogens with one attached hydrogen (secondary N) is 1. The van der Waals surface area contributed by atoms with Crippen LogP contribution in [0.4, 0.5) is 27.9 Å². The van der Waals surface area contributed by atoms with Gasteiger partial charge in [-0.1, -0.05) is 0 Å². The number of hydrogen-bond donors (Lipinski definition) is 1. The predicted molar refractivity (Wildman–Crippen MR) is 127 cm³/mol. The minimum Gasteiger partial charge on any atom is -0.479 e. The molecule has 38 heavy (non-hydrogen) atoms. The number of rotatable bonds is 7. The van der Waals surface area contributed by atoms with Gasteiger partial charge >= 0.3 is 0 Å². The van der Waals surface area contributed by atoms with Crippen molar-refractivity contribution in [2.24, 2.45) is 0 Å². The topological polar surface area (TPSA) is 81.7 Å². The normalized spacial score (nSPS) is 20.9. The van der Waals surface area contributed by atoms with Crippen LogP contribution in [0, 0.1) is 11.6 Å². The zero-order valence-corrected chi connectivity index (χ0v) is 20.3. The summed E-state index contributed by atoms with van der Waals surface area (Å²) in [7, 11) is 1.33. The van der Waals surface area contributed by atoms with E-state index in [1.54, 1.807) is 0 Å². The lowest BCUT2D eigenvalue weighted by molar-refractivity contribution is -0.0794. The van der Waals surface area contributed by atoms with Gasteiger partial charge in [0.1, 0.15) is 17.2 Å². The van der Waals surface area contributed by atoms with Crippen LogP contribution in [-0.2, 0) is 11.3 Å². The van der Waals surface area contributed by atoms with E-state index in [1.807, 2.05) is 0 Å². The Morgan fingerprint density at radius 2 is 2.03 bits per heavy atom. The van der Waals surface area contributed by atoms with Crippen molar-refractivity contribution in [3.63, 3.8) is 0 Å². The quantitative estimate of drug-likeness (QED) is 0.362. The molecule has 0 spiro atoms. The molecule has 0 bridgehead atoms. The van der Waals surface area contributed by atoms with E-state index in [1.165, 1.54) is 17.7 Å². The highest BCUT2D eigenvalue weighted by molar-refractivity contribution is 5.90. The fourth-order valence-corrected chi connectivity index (χ4v) is 5.08. The Balaban J connectivity index is 1.34. The SMILES string of the molecule is COc1nc(N[C@@H]2CCN(C3COC3)C[C@@H]2F)nn2cc(F)c(-c3cc(F)c4ncn(CC(F)F)c4c3)c12. The first-order valence-corrected chi connectivity index (χ1v) is 12.1. The number of benzene rings is 1. The van der Waals surface area contributed by atoms with Crippen LogP contribution in [0.2, 0.25) is 0 Å². The molecule has 3 aromatic heterocycles. The van der Waals surface area contributed by atoms with Crippen molar-refractivity contribution < 1.29 is 31.4 Å². The number of aromatic nitrogens is 5. The van der Waals surface area contributed by atoms with E-state index in [2.05, 4.69) is 25.3 Å². The van der Waals surface area contributed by atoms with E-state index in [0.717, 1.165) is 23.2 Å². The number of imidazole rings is 1. The average Bonchev–Trinajstić information content (AvgIpc) is 3.39. The number of anilines is 1. The summed E-state index contributed by atoms with van der Waals surface area (Å²) in [6.45, 7) is 1.46. The molecule has 4 aromatic rings. The number of piperidine rings is 1. The van der Waals surface area contributed by atoms with Crippen molar-refractivity contribution in [1.29, 1.82) is 0 Å². The van der Waals surface area contributed by atoms with Gasteiger partial charge in [-0.25, -0.2) is 31.5 Å². The highest BCUT2D eigenvalue weighted by Gasteiger charge is 2.36. The molecule has 0 aliphatic carbocycles. The lowest BCUT2D eigenvalue weighted by Gasteiger charge is -2.42. The van der Waals surface area contributed by atoms with Crippen LogP contribution in [0.3, 0.4) is 0 Å². The maximum absolute atomic E-state index is 15.3. The van der Waals surface area contributed by atoms with Gasteiger partial charge in [-0.3, -0.25) is 4.90 Å². The van der Waals surface area contributed by atoms with E-state index >= 15 is 4.39 Å². The zero-order valence-electron chi connectivity index (χ0n) is 20.3. The molecule has 2 saturated heterocycles. The number of methoxy groups -OCH3 is 1. The Labute approximate surface area is 213 Å². The van der Waals surface area contributed by atoms with Gasteiger partial charge in [0.2, 0.25) is 11.8 Å². The summed E-state index contributed by atoms with van der Waals surface area (Å²) in [6.07, 6.45) is -1.17. The van der Waals surface area contributed by atoms with Gasteiger partial charge in [0, 0.05) is 13.1 Å². The molecule has 1 aromatic carbocycles. The molecule has 9 nitrogen and oxygen atoms in total. The van der Waals surface area contributed by atoms with Crippen molar-refractivity contribution in [2.45, 2.75) is 37.6 Å². The molecule has 0 saturated carbocycles. The minimum atomic E-state index is -2.69. The van der Waals surface area contributed by atoms with Crippen molar-refractivity contribution >= 4 is 22.5 Å². The first-order chi connectivity index (χ1) is 18.3. The fourth-order valence-electron chi connectivity index (χ4n) is 5.08. The van der Waals surface area contributed by atoms with Gasteiger partial charge < -0.3 is 19.4 Å². The molecule has 2 aliphatic heterocycles. The summed E-state index contributed by atoms with van der Waals surface area (Å²) in [6, 6.07) is 2.13. The molecule has 6 rings (SSSR count). The molecule has 2 aliphatic rings. The Kier molecular flexibility index (Phi) is 6.30. The van der Waals surface area contributed by atoms with E-state index in [9.17, 15) is 17.6 Å². The summed E-state index contributed by atoms with van der Waals surface area (Å²) in [4.78, 5) is 10.2. The largest absolute Gasteiger partial charge is 0.479 e. The Morgan fingerprint density at radius 1 is 1.21 bits per heavy atom. The number of alkyl halides is 3. The van der Waals surface area contributed by atoms with Crippen LogP contribution in [0.1, 0.15) is 6.42 Å². The molecule has 1 N–H and O–H groups in total. The number of halogens is 5. The van der Waals surface area contributed by atoms with Crippen molar-refractivity contribution in [3.05, 3.63) is 36.3 Å². The highest BCUT2D eigenvalue weighted by Crippen LogP contribution is 2.36. The second kappa shape index (κ2) is 9.66. The molecule has 5 heterocycles. The summed E-state index contributed by atoms with van der Waals surface area (Å²) in [5.41, 5.74) is 0.0877. The van der Waals surface area contributed by atoms with E-state index < -0.39 is 36.8 Å². The van der Waals surface area contributed by atoms with Gasteiger partial charge in [0.05, 0.1) is 62.6 Å². The monoisotopic (exact) mass is 537 g/mol. The highest BCUT2D eigenvalue weighted by atomic mass is 19.3. The van der Waals surface area contributed by atoms with Gasteiger partial charge in [-0.05, 0) is 24.1 Å². The summed E-state index contributed by atoms with van der Waals surface area (Å²) in [5.74, 6) is -1.54. The second-order valence-electron chi connectivity index (χ2n) is 9.45. The Hall–Kier alpha value is -3.52. The summed E-state index contributed by atoms with van der Waals surface area (Å²) >= 11 is 0. The fraction of sp³-hybridized carbons (Fsp3) is 0.458. The lowest BCUT2D eigenvalue weighted by Crippen LogP contribution is -2.57. The smallest absolute Gasteiger partial charge is 0.256 e. The van der Waals surface area contributed by atoms with Gasteiger partial charge in [0.15, 0.2) is 11.6 Å². The molecule has 0 radical (unpaired) electrons. The predicted octanol–water partition coefficient (Wildman–Crippen LogP) is 3.52. The van der Waals surface area contributed by atoms with Crippen LogP contribution in [0.15, 0.2) is 24.7 Å². The van der Waals surface area contributed by atoms with Gasteiger partial charge in [-0.2, -0.15) is 4.98 Å². The maximum atomic E-state index is 15.3.